The third kappa shape index (κ3) is 11.0. The van der Waals surface area contributed by atoms with Crippen molar-refractivity contribution in [2.24, 2.45) is 5.73 Å². The molecule has 3 amide bonds. The number of hydrogen-bond donors (Lipinski definition) is 8. The molecule has 0 saturated carbocycles. The zero-order chi connectivity index (χ0) is 24.1. The van der Waals surface area contributed by atoms with Gasteiger partial charge in [0.25, 0.3) is 0 Å². The molecule has 0 radical (unpaired) electrons. The van der Waals surface area contributed by atoms with Crippen LogP contribution in [0.5, 0.6) is 0 Å². The maximum atomic E-state index is 12.6. The van der Waals surface area contributed by atoms with Gasteiger partial charge < -0.3 is 42.1 Å². The molecule has 0 saturated heterocycles. The number of carboxylic acid groups (broad SMARTS) is 2. The molecule has 9 N–H and O–H groups in total. The van der Waals surface area contributed by atoms with Gasteiger partial charge in [-0.2, -0.15) is 11.8 Å². The molecule has 31 heavy (non-hydrogen) atoms. The van der Waals surface area contributed by atoms with Gasteiger partial charge in [-0.15, -0.1) is 0 Å². The predicted octanol–water partition coefficient (Wildman–Crippen LogP) is -3.16. The van der Waals surface area contributed by atoms with Crippen molar-refractivity contribution in [2.45, 2.75) is 56.5 Å². The maximum absolute atomic E-state index is 12.6. The van der Waals surface area contributed by atoms with Gasteiger partial charge in [0, 0.05) is 6.42 Å². The summed E-state index contributed by atoms with van der Waals surface area (Å²) in [6, 6.07) is -5.60. The predicted molar refractivity (Wildman–Crippen MR) is 110 cm³/mol. The van der Waals surface area contributed by atoms with E-state index in [1.165, 1.54) is 18.7 Å². The highest BCUT2D eigenvalue weighted by atomic mass is 32.2. The molecule has 0 aliphatic heterocycles. The highest BCUT2D eigenvalue weighted by Gasteiger charge is 2.32. The summed E-state index contributed by atoms with van der Waals surface area (Å²) in [5.74, 6) is -4.97. The second-order valence-electron chi connectivity index (χ2n) is 6.69. The van der Waals surface area contributed by atoms with Crippen LogP contribution in [0, 0.1) is 0 Å². The standard InChI is InChI=1S/C17H30N4O9S/c1-8(23)13(16(28)20-11(17(29)30)5-6-31-2)21-15(27)10(3-4-12(24)25)19-14(26)9(18)7-22/h8-11,13,22-23H,3-7,18H2,1-2H3,(H,19,26)(H,20,28)(H,21,27)(H,24,25)(H,29,30). The monoisotopic (exact) mass is 466 g/mol. The Morgan fingerprint density at radius 1 is 0.935 bits per heavy atom. The molecule has 0 fully saturated rings. The molecule has 5 atom stereocenters. The van der Waals surface area contributed by atoms with Gasteiger partial charge in [-0.25, -0.2) is 4.79 Å². The van der Waals surface area contributed by atoms with Crippen LogP contribution in [0.2, 0.25) is 0 Å². The molecular formula is C17H30N4O9S. The molecular weight excluding hydrogens is 436 g/mol. The lowest BCUT2D eigenvalue weighted by Crippen LogP contribution is -2.60. The van der Waals surface area contributed by atoms with Crippen LogP contribution < -0.4 is 21.7 Å². The number of carbonyl (C=O) groups excluding carboxylic acids is 3. The normalized spacial score (nSPS) is 15.6. The fourth-order valence-corrected chi connectivity index (χ4v) is 2.78. The van der Waals surface area contributed by atoms with E-state index in [4.69, 9.17) is 15.9 Å². The average Bonchev–Trinajstić information content (AvgIpc) is 2.70. The molecule has 13 nitrogen and oxygen atoms in total. The molecule has 5 unspecified atom stereocenters. The molecule has 0 rings (SSSR count). The van der Waals surface area contributed by atoms with Gasteiger partial charge >= 0.3 is 11.9 Å². The van der Waals surface area contributed by atoms with Crippen LogP contribution in [-0.2, 0) is 24.0 Å². The third-order valence-corrected chi connectivity index (χ3v) is 4.75. The van der Waals surface area contributed by atoms with Crippen LogP contribution in [0.1, 0.15) is 26.2 Å². The number of carbonyl (C=O) groups is 5. The minimum Gasteiger partial charge on any atom is -0.481 e. The Kier molecular flexibility index (Phi) is 13.4. The van der Waals surface area contributed by atoms with Crippen molar-refractivity contribution in [2.75, 3.05) is 18.6 Å². The fourth-order valence-electron chi connectivity index (χ4n) is 2.31. The van der Waals surface area contributed by atoms with Gasteiger partial charge in [0.05, 0.1) is 12.7 Å². The summed E-state index contributed by atoms with van der Waals surface area (Å²) in [4.78, 5) is 59.1. The van der Waals surface area contributed by atoms with E-state index in [2.05, 4.69) is 16.0 Å². The number of carboxylic acids is 2. The minimum atomic E-state index is -1.57. The molecule has 0 aliphatic carbocycles. The highest BCUT2D eigenvalue weighted by molar-refractivity contribution is 7.98. The van der Waals surface area contributed by atoms with Crippen LogP contribution >= 0.6 is 11.8 Å². The van der Waals surface area contributed by atoms with Crippen LogP contribution in [0.25, 0.3) is 0 Å². The van der Waals surface area contributed by atoms with Gasteiger partial charge in [-0.1, -0.05) is 0 Å². The van der Waals surface area contributed by atoms with Crippen molar-refractivity contribution in [3.63, 3.8) is 0 Å². The molecule has 0 aliphatic rings. The molecule has 0 heterocycles. The van der Waals surface area contributed by atoms with E-state index in [-0.39, 0.29) is 12.8 Å². The molecule has 0 spiro atoms. The second kappa shape index (κ2) is 14.6. The Bertz CT molecular complexity index is 647. The van der Waals surface area contributed by atoms with Gasteiger partial charge in [0.15, 0.2) is 0 Å². The number of aliphatic carboxylic acids is 2. The van der Waals surface area contributed by atoms with Crippen molar-refractivity contribution < 1.29 is 44.4 Å². The van der Waals surface area contributed by atoms with E-state index in [9.17, 15) is 34.2 Å². The van der Waals surface area contributed by atoms with E-state index < -0.39 is 73.0 Å². The number of amides is 3. The van der Waals surface area contributed by atoms with E-state index in [0.29, 0.717) is 5.75 Å². The molecule has 14 heteroatoms. The summed E-state index contributed by atoms with van der Waals surface area (Å²) in [6.45, 7) is 0.471. The first-order chi connectivity index (χ1) is 14.4. The van der Waals surface area contributed by atoms with Gasteiger partial charge in [0.1, 0.15) is 24.2 Å². The molecule has 0 aromatic rings. The summed E-state index contributed by atoms with van der Waals surface area (Å²) in [5.41, 5.74) is 5.37. The SMILES string of the molecule is CSCCC(NC(=O)C(NC(=O)C(CCC(=O)O)NC(=O)C(N)CO)C(C)O)C(=O)O. The lowest BCUT2D eigenvalue weighted by atomic mass is 10.1. The maximum Gasteiger partial charge on any atom is 0.326 e. The first kappa shape index (κ1) is 28.6. The lowest BCUT2D eigenvalue weighted by Gasteiger charge is -2.26. The van der Waals surface area contributed by atoms with Crippen molar-refractivity contribution in [1.82, 2.24) is 16.0 Å². The first-order valence-electron chi connectivity index (χ1n) is 9.33. The van der Waals surface area contributed by atoms with Gasteiger partial charge in [0.2, 0.25) is 17.7 Å². The number of thioether (sulfide) groups is 1. The van der Waals surface area contributed by atoms with E-state index >= 15 is 0 Å². The second-order valence-corrected chi connectivity index (χ2v) is 7.68. The largest absolute Gasteiger partial charge is 0.481 e. The molecule has 0 aromatic carbocycles. The number of hydrogen-bond acceptors (Lipinski definition) is 9. The van der Waals surface area contributed by atoms with Crippen LogP contribution in [0.15, 0.2) is 0 Å². The van der Waals surface area contributed by atoms with Crippen molar-refractivity contribution in [3.8, 4) is 0 Å². The first-order valence-corrected chi connectivity index (χ1v) is 10.7. The van der Waals surface area contributed by atoms with Gasteiger partial charge in [-0.05, 0) is 31.8 Å². The van der Waals surface area contributed by atoms with Crippen LogP contribution in [-0.4, -0.2) is 99.0 Å². The Labute approximate surface area is 183 Å². The Hall–Kier alpha value is -2.42. The third-order valence-electron chi connectivity index (χ3n) is 4.10. The van der Waals surface area contributed by atoms with Crippen molar-refractivity contribution in [3.05, 3.63) is 0 Å². The summed E-state index contributed by atoms with van der Waals surface area (Å²) in [7, 11) is 0. The topological polar surface area (TPSA) is 228 Å². The molecule has 178 valence electrons. The summed E-state index contributed by atoms with van der Waals surface area (Å²) < 4.78 is 0. The summed E-state index contributed by atoms with van der Waals surface area (Å²) in [5, 5.41) is 43.5. The summed E-state index contributed by atoms with van der Waals surface area (Å²) >= 11 is 1.37. The Morgan fingerprint density at radius 3 is 1.97 bits per heavy atom. The highest BCUT2D eigenvalue weighted by Crippen LogP contribution is 2.05. The summed E-state index contributed by atoms with van der Waals surface area (Å²) in [6.07, 6.45) is -0.430. The smallest absolute Gasteiger partial charge is 0.326 e. The zero-order valence-electron chi connectivity index (χ0n) is 17.2. The van der Waals surface area contributed by atoms with E-state index in [0.717, 1.165) is 0 Å². The van der Waals surface area contributed by atoms with Crippen LogP contribution in [0.4, 0.5) is 0 Å². The average molecular weight is 467 g/mol. The number of aliphatic hydroxyl groups excluding tert-OH is 2. The van der Waals surface area contributed by atoms with Crippen molar-refractivity contribution >= 4 is 41.4 Å². The van der Waals surface area contributed by atoms with Crippen LogP contribution in [0.3, 0.4) is 0 Å². The number of rotatable bonds is 15. The Morgan fingerprint density at radius 2 is 1.52 bits per heavy atom. The van der Waals surface area contributed by atoms with Gasteiger partial charge in [-0.3, -0.25) is 19.2 Å². The Balaban J connectivity index is 5.38. The van der Waals surface area contributed by atoms with E-state index in [1.54, 1.807) is 6.26 Å². The van der Waals surface area contributed by atoms with Crippen molar-refractivity contribution in [1.29, 1.82) is 0 Å². The molecule has 0 bridgehead atoms. The minimum absolute atomic E-state index is 0.110. The number of nitrogens with one attached hydrogen (secondary N) is 3. The number of aliphatic hydroxyl groups is 2. The quantitative estimate of drug-likeness (QED) is 0.120. The zero-order valence-corrected chi connectivity index (χ0v) is 18.1. The lowest BCUT2D eigenvalue weighted by molar-refractivity contribution is -0.143. The number of nitrogens with two attached hydrogens (primary N) is 1. The fraction of sp³-hybridized carbons (Fsp3) is 0.706. The molecule has 0 aromatic heterocycles. The van der Waals surface area contributed by atoms with E-state index in [1.807, 2.05) is 0 Å².